The van der Waals surface area contributed by atoms with Crippen molar-refractivity contribution < 1.29 is 4.79 Å². The lowest BCUT2D eigenvalue weighted by molar-refractivity contribution is -0.136. The first kappa shape index (κ1) is 28.6. The Morgan fingerprint density at radius 1 is 1.09 bits per heavy atom. The van der Waals surface area contributed by atoms with Gasteiger partial charge in [-0.2, -0.15) is 0 Å². The Hall–Kier alpha value is -2.43. The SMILES string of the molecule is C\C=C/N=C(CC)/C(=C/C)C(/C(C)=N/C=C/CC)=C(/C)N1CCN(C(=O)CC(C)C)C(C)C1. The molecule has 1 atom stereocenters. The Kier molecular flexibility index (Phi) is 12.7. The minimum absolute atomic E-state index is 0.176. The van der Waals surface area contributed by atoms with Crippen LogP contribution in [0.3, 0.4) is 0 Å². The molecule has 5 heteroatoms. The third-order valence-electron chi connectivity index (χ3n) is 5.92. The summed E-state index contributed by atoms with van der Waals surface area (Å²) in [6.45, 7) is 21.3. The fourth-order valence-corrected chi connectivity index (χ4v) is 4.21. The summed E-state index contributed by atoms with van der Waals surface area (Å²) in [4.78, 5) is 26.7. The first-order valence-corrected chi connectivity index (χ1v) is 12.5. The van der Waals surface area contributed by atoms with Crippen molar-refractivity contribution >= 4 is 17.3 Å². The molecule has 0 spiro atoms. The second kappa shape index (κ2) is 14.7. The molecule has 1 aliphatic heterocycles. The number of carbonyl (C=O) groups excluding carboxylic acids is 1. The molecule has 1 saturated heterocycles. The van der Waals surface area contributed by atoms with Crippen LogP contribution in [-0.2, 0) is 4.79 Å². The third kappa shape index (κ3) is 8.45. The van der Waals surface area contributed by atoms with Gasteiger partial charge in [0.25, 0.3) is 0 Å². The van der Waals surface area contributed by atoms with Crippen molar-refractivity contribution in [3.8, 4) is 0 Å². The Bertz CT molecular complexity index is 827. The smallest absolute Gasteiger partial charge is 0.223 e. The highest BCUT2D eigenvalue weighted by Gasteiger charge is 2.29. The molecule has 33 heavy (non-hydrogen) atoms. The zero-order valence-corrected chi connectivity index (χ0v) is 22.5. The monoisotopic (exact) mass is 454 g/mol. The van der Waals surface area contributed by atoms with Gasteiger partial charge >= 0.3 is 0 Å². The summed E-state index contributed by atoms with van der Waals surface area (Å²) < 4.78 is 0. The largest absolute Gasteiger partial charge is 0.371 e. The number of nitrogens with zero attached hydrogens (tertiary/aromatic N) is 4. The zero-order chi connectivity index (χ0) is 25.0. The number of piperazine rings is 1. The van der Waals surface area contributed by atoms with Gasteiger partial charge in [-0.05, 0) is 53.4 Å². The van der Waals surface area contributed by atoms with E-state index in [0.717, 1.165) is 55.0 Å². The lowest BCUT2D eigenvalue weighted by atomic mass is 9.93. The summed E-state index contributed by atoms with van der Waals surface area (Å²) in [5.74, 6) is 0.648. The van der Waals surface area contributed by atoms with Gasteiger partial charge in [-0.1, -0.05) is 45.9 Å². The van der Waals surface area contributed by atoms with Crippen LogP contribution in [0.5, 0.6) is 0 Å². The Balaban J connectivity index is 3.42. The summed E-state index contributed by atoms with van der Waals surface area (Å²) >= 11 is 0. The maximum absolute atomic E-state index is 12.7. The Morgan fingerprint density at radius 2 is 1.79 bits per heavy atom. The summed E-state index contributed by atoms with van der Waals surface area (Å²) in [5, 5.41) is 0. The van der Waals surface area contributed by atoms with E-state index < -0.39 is 0 Å². The highest BCUT2D eigenvalue weighted by molar-refractivity contribution is 6.16. The molecule has 5 nitrogen and oxygen atoms in total. The summed E-state index contributed by atoms with van der Waals surface area (Å²) in [5.41, 5.74) is 5.50. The van der Waals surface area contributed by atoms with Gasteiger partial charge in [-0.15, -0.1) is 0 Å². The van der Waals surface area contributed by atoms with Crippen molar-refractivity contribution in [2.75, 3.05) is 19.6 Å². The lowest BCUT2D eigenvalue weighted by Crippen LogP contribution is -2.53. The molecule has 0 N–H and O–H groups in total. The molecule has 0 aromatic carbocycles. The van der Waals surface area contributed by atoms with Gasteiger partial charge < -0.3 is 9.80 Å². The normalized spacial score (nSPS) is 19.8. The van der Waals surface area contributed by atoms with Crippen molar-refractivity contribution in [1.29, 1.82) is 0 Å². The van der Waals surface area contributed by atoms with Gasteiger partial charge in [0.15, 0.2) is 0 Å². The van der Waals surface area contributed by atoms with E-state index in [0.29, 0.717) is 12.3 Å². The number of allylic oxidation sites excluding steroid dienone is 6. The average molecular weight is 455 g/mol. The highest BCUT2D eigenvalue weighted by atomic mass is 16.2. The molecule has 184 valence electrons. The first-order chi connectivity index (χ1) is 15.7. The van der Waals surface area contributed by atoms with Crippen LogP contribution in [0.15, 0.2) is 57.5 Å². The molecule has 1 fully saturated rings. The Morgan fingerprint density at radius 3 is 2.30 bits per heavy atom. The first-order valence-electron chi connectivity index (χ1n) is 12.5. The molecule has 1 heterocycles. The topological polar surface area (TPSA) is 48.3 Å². The van der Waals surface area contributed by atoms with Gasteiger partial charge in [0.05, 0.1) is 0 Å². The zero-order valence-electron chi connectivity index (χ0n) is 22.5. The summed E-state index contributed by atoms with van der Waals surface area (Å²) in [6, 6.07) is 0.176. The van der Waals surface area contributed by atoms with E-state index in [4.69, 9.17) is 9.98 Å². The van der Waals surface area contributed by atoms with E-state index in [-0.39, 0.29) is 11.9 Å². The number of amides is 1. The minimum Gasteiger partial charge on any atom is -0.371 e. The van der Waals surface area contributed by atoms with Crippen molar-refractivity contribution in [2.24, 2.45) is 15.9 Å². The summed E-state index contributed by atoms with van der Waals surface area (Å²) in [7, 11) is 0. The Labute approximate surface area is 202 Å². The predicted molar refractivity (Wildman–Crippen MR) is 144 cm³/mol. The minimum atomic E-state index is 0.176. The second-order valence-electron chi connectivity index (χ2n) is 9.06. The van der Waals surface area contributed by atoms with Gasteiger partial charge in [-0.25, -0.2) is 0 Å². The molecule has 1 unspecified atom stereocenters. The molecule has 0 bridgehead atoms. The quantitative estimate of drug-likeness (QED) is 0.277. The number of hydrogen-bond donors (Lipinski definition) is 0. The molecule has 1 rings (SSSR count). The maximum atomic E-state index is 12.7. The number of rotatable bonds is 10. The maximum Gasteiger partial charge on any atom is 0.223 e. The summed E-state index contributed by atoms with van der Waals surface area (Å²) in [6.07, 6.45) is 12.4. The average Bonchev–Trinajstić information content (AvgIpc) is 2.77. The van der Waals surface area contributed by atoms with Crippen LogP contribution in [0.4, 0.5) is 0 Å². The van der Waals surface area contributed by atoms with Gasteiger partial charge in [0.1, 0.15) is 0 Å². The third-order valence-corrected chi connectivity index (χ3v) is 5.92. The highest BCUT2D eigenvalue weighted by Crippen LogP contribution is 2.26. The van der Waals surface area contributed by atoms with Crippen LogP contribution >= 0.6 is 0 Å². The molecule has 0 aromatic heterocycles. The van der Waals surface area contributed by atoms with E-state index in [1.165, 1.54) is 5.70 Å². The van der Waals surface area contributed by atoms with Crippen LogP contribution < -0.4 is 0 Å². The number of hydrogen-bond acceptors (Lipinski definition) is 4. The molecular weight excluding hydrogens is 408 g/mol. The fraction of sp³-hybridized carbons (Fsp3) is 0.607. The number of carbonyl (C=O) groups is 1. The second-order valence-corrected chi connectivity index (χ2v) is 9.06. The van der Waals surface area contributed by atoms with Crippen LogP contribution in [0.25, 0.3) is 0 Å². The van der Waals surface area contributed by atoms with E-state index in [1.807, 2.05) is 25.4 Å². The standard InChI is InChI=1S/C28H46N4O/c1-10-14-16-29-23(8)28(25(12-3)26(13-4)30-15-11-2)24(9)31-17-18-32(22(7)20-31)27(33)19-21(5)6/h11-12,14-16,21-22H,10,13,17-20H2,1-9H3/b15-11-,16-14+,25-12-,28-24-,29-23+,30-26+. The van der Waals surface area contributed by atoms with Gasteiger partial charge in [0.2, 0.25) is 5.91 Å². The molecule has 0 aliphatic carbocycles. The van der Waals surface area contributed by atoms with E-state index >= 15 is 0 Å². The fourth-order valence-electron chi connectivity index (χ4n) is 4.21. The molecule has 1 amide bonds. The van der Waals surface area contributed by atoms with Gasteiger partial charge in [0, 0.05) is 72.8 Å². The van der Waals surface area contributed by atoms with Crippen LogP contribution in [0, 0.1) is 5.92 Å². The molecule has 0 aromatic rings. The van der Waals surface area contributed by atoms with Crippen molar-refractivity contribution in [3.05, 3.63) is 47.5 Å². The number of aliphatic imine (C=N–C) groups is 2. The van der Waals surface area contributed by atoms with Crippen LogP contribution in [-0.4, -0.2) is 52.8 Å². The van der Waals surface area contributed by atoms with Crippen molar-refractivity contribution in [2.45, 2.75) is 87.6 Å². The molecule has 1 aliphatic rings. The molecule has 0 saturated carbocycles. The van der Waals surface area contributed by atoms with Crippen molar-refractivity contribution in [3.63, 3.8) is 0 Å². The van der Waals surface area contributed by atoms with Crippen LogP contribution in [0.1, 0.15) is 81.6 Å². The predicted octanol–water partition coefficient (Wildman–Crippen LogP) is 6.55. The van der Waals surface area contributed by atoms with Gasteiger partial charge in [-0.3, -0.25) is 14.8 Å². The molecular formula is C28H46N4O. The van der Waals surface area contributed by atoms with E-state index in [9.17, 15) is 4.79 Å². The lowest BCUT2D eigenvalue weighted by Gasteiger charge is -2.42. The molecule has 0 radical (unpaired) electrons. The van der Waals surface area contributed by atoms with E-state index in [1.54, 1.807) is 0 Å². The van der Waals surface area contributed by atoms with E-state index in [2.05, 4.69) is 77.3 Å². The van der Waals surface area contributed by atoms with Crippen molar-refractivity contribution in [1.82, 2.24) is 9.80 Å². The van der Waals surface area contributed by atoms with Crippen LogP contribution in [0.2, 0.25) is 0 Å².